The number of para-hydroxylation sites is 1. The number of hydrogen-bond donors (Lipinski definition) is 1. The standard InChI is InChI=1S/C18H26N2O2/c1-22-17-7-3-2-6-15(17)11-14-5-4-10-20(12-14)13-18(21)19-16-8-9-16/h2-3,6-7,14,16H,4-5,8-13H2,1H3,(H,19,21)/t14-/m1/s1. The van der Waals surface area contributed by atoms with Gasteiger partial charge < -0.3 is 10.1 Å². The summed E-state index contributed by atoms with van der Waals surface area (Å²) in [5.41, 5.74) is 1.28. The minimum atomic E-state index is 0.195. The summed E-state index contributed by atoms with van der Waals surface area (Å²) in [5, 5.41) is 3.08. The van der Waals surface area contributed by atoms with Crippen LogP contribution in [0.2, 0.25) is 0 Å². The number of methoxy groups -OCH3 is 1. The highest BCUT2D eigenvalue weighted by Gasteiger charge is 2.26. The zero-order valence-corrected chi connectivity index (χ0v) is 13.4. The molecule has 1 aromatic rings. The second kappa shape index (κ2) is 7.14. The van der Waals surface area contributed by atoms with E-state index in [1.807, 2.05) is 12.1 Å². The van der Waals surface area contributed by atoms with Gasteiger partial charge in [0.25, 0.3) is 0 Å². The second-order valence-corrected chi connectivity index (χ2v) is 6.60. The third kappa shape index (κ3) is 4.23. The van der Waals surface area contributed by atoms with Crippen LogP contribution in [0.3, 0.4) is 0 Å². The van der Waals surface area contributed by atoms with E-state index in [0.717, 1.165) is 38.1 Å². The minimum Gasteiger partial charge on any atom is -0.496 e. The average Bonchev–Trinajstić information content (AvgIpc) is 3.32. The maximum absolute atomic E-state index is 12.0. The Morgan fingerprint density at radius 3 is 2.91 bits per heavy atom. The number of nitrogens with one attached hydrogen (secondary N) is 1. The molecule has 3 rings (SSSR count). The summed E-state index contributed by atoms with van der Waals surface area (Å²) in [6.45, 7) is 2.61. The van der Waals surface area contributed by atoms with Crippen molar-refractivity contribution >= 4 is 5.91 Å². The Morgan fingerprint density at radius 2 is 2.14 bits per heavy atom. The van der Waals surface area contributed by atoms with Gasteiger partial charge in [0, 0.05) is 12.6 Å². The highest BCUT2D eigenvalue weighted by atomic mass is 16.5. The lowest BCUT2D eigenvalue weighted by Crippen LogP contribution is -2.43. The number of amides is 1. The van der Waals surface area contributed by atoms with Gasteiger partial charge in [-0.1, -0.05) is 18.2 Å². The van der Waals surface area contributed by atoms with Crippen molar-refractivity contribution in [1.29, 1.82) is 0 Å². The average molecular weight is 302 g/mol. The van der Waals surface area contributed by atoms with Crippen molar-refractivity contribution in [3.8, 4) is 5.75 Å². The van der Waals surface area contributed by atoms with Gasteiger partial charge in [0.15, 0.2) is 0 Å². The molecule has 1 aliphatic carbocycles. The smallest absolute Gasteiger partial charge is 0.234 e. The van der Waals surface area contributed by atoms with E-state index in [4.69, 9.17) is 4.74 Å². The molecule has 120 valence electrons. The maximum Gasteiger partial charge on any atom is 0.234 e. The number of nitrogens with zero attached hydrogens (tertiary/aromatic N) is 1. The first-order chi connectivity index (χ1) is 10.7. The van der Waals surface area contributed by atoms with E-state index in [0.29, 0.717) is 18.5 Å². The van der Waals surface area contributed by atoms with Crippen molar-refractivity contribution in [1.82, 2.24) is 10.2 Å². The van der Waals surface area contributed by atoms with Gasteiger partial charge in [-0.25, -0.2) is 0 Å². The van der Waals surface area contributed by atoms with E-state index in [-0.39, 0.29) is 5.91 Å². The third-order valence-electron chi connectivity index (χ3n) is 4.61. The van der Waals surface area contributed by atoms with Crippen LogP contribution in [-0.4, -0.2) is 43.6 Å². The molecule has 22 heavy (non-hydrogen) atoms. The molecule has 0 unspecified atom stereocenters. The fourth-order valence-corrected chi connectivity index (χ4v) is 3.35. The van der Waals surface area contributed by atoms with Gasteiger partial charge in [0.05, 0.1) is 13.7 Å². The highest BCUT2D eigenvalue weighted by Crippen LogP contribution is 2.26. The molecule has 1 aromatic carbocycles. The molecule has 0 aromatic heterocycles. The van der Waals surface area contributed by atoms with Crippen molar-refractivity contribution in [2.24, 2.45) is 5.92 Å². The van der Waals surface area contributed by atoms with Crippen LogP contribution in [0.1, 0.15) is 31.2 Å². The molecular formula is C18H26N2O2. The van der Waals surface area contributed by atoms with Crippen LogP contribution in [0, 0.1) is 5.92 Å². The molecule has 0 spiro atoms. The van der Waals surface area contributed by atoms with Gasteiger partial charge in [-0.15, -0.1) is 0 Å². The summed E-state index contributed by atoms with van der Waals surface area (Å²) < 4.78 is 5.45. The Labute approximate surface area is 132 Å². The predicted molar refractivity (Wildman–Crippen MR) is 87.0 cm³/mol. The largest absolute Gasteiger partial charge is 0.496 e. The molecule has 2 fully saturated rings. The Kier molecular flexibility index (Phi) is 4.98. The van der Waals surface area contributed by atoms with Crippen LogP contribution in [0.25, 0.3) is 0 Å². The van der Waals surface area contributed by atoms with Crippen LogP contribution < -0.4 is 10.1 Å². The molecular weight excluding hydrogens is 276 g/mol. The number of hydrogen-bond acceptors (Lipinski definition) is 3. The molecule has 0 radical (unpaired) electrons. The maximum atomic E-state index is 12.0. The lowest BCUT2D eigenvalue weighted by molar-refractivity contribution is -0.122. The minimum absolute atomic E-state index is 0.195. The van der Waals surface area contributed by atoms with Gasteiger partial charge in [-0.05, 0) is 56.2 Å². The van der Waals surface area contributed by atoms with Gasteiger partial charge in [-0.3, -0.25) is 9.69 Å². The first-order valence-electron chi connectivity index (χ1n) is 8.38. The fourth-order valence-electron chi connectivity index (χ4n) is 3.35. The number of carbonyl (C=O) groups excluding carboxylic acids is 1. The lowest BCUT2D eigenvalue weighted by Gasteiger charge is -2.32. The highest BCUT2D eigenvalue weighted by molar-refractivity contribution is 5.78. The third-order valence-corrected chi connectivity index (χ3v) is 4.61. The van der Waals surface area contributed by atoms with E-state index in [9.17, 15) is 4.79 Å². The number of rotatable bonds is 6. The Balaban J connectivity index is 1.52. The molecule has 2 aliphatic rings. The van der Waals surface area contributed by atoms with Crippen molar-refractivity contribution in [2.75, 3.05) is 26.7 Å². The zero-order chi connectivity index (χ0) is 15.4. The molecule has 1 aliphatic heterocycles. The molecule has 1 atom stereocenters. The molecule has 4 heteroatoms. The number of ether oxygens (including phenoxy) is 1. The Hall–Kier alpha value is -1.55. The fraction of sp³-hybridized carbons (Fsp3) is 0.611. The summed E-state index contributed by atoms with van der Waals surface area (Å²) in [7, 11) is 1.73. The molecule has 4 nitrogen and oxygen atoms in total. The zero-order valence-electron chi connectivity index (χ0n) is 13.4. The van der Waals surface area contributed by atoms with Crippen LogP contribution in [-0.2, 0) is 11.2 Å². The number of piperidine rings is 1. The molecule has 1 amide bonds. The van der Waals surface area contributed by atoms with Crippen molar-refractivity contribution in [3.05, 3.63) is 29.8 Å². The topological polar surface area (TPSA) is 41.6 Å². The quantitative estimate of drug-likeness (QED) is 0.876. The van der Waals surface area contributed by atoms with Crippen LogP contribution in [0.5, 0.6) is 5.75 Å². The van der Waals surface area contributed by atoms with E-state index in [1.54, 1.807) is 7.11 Å². The predicted octanol–water partition coefficient (Wildman–Crippen LogP) is 2.23. The van der Waals surface area contributed by atoms with Gasteiger partial charge in [-0.2, -0.15) is 0 Å². The van der Waals surface area contributed by atoms with E-state index >= 15 is 0 Å². The molecule has 0 bridgehead atoms. The van der Waals surface area contributed by atoms with Crippen molar-refractivity contribution < 1.29 is 9.53 Å². The Morgan fingerprint density at radius 1 is 1.32 bits per heavy atom. The second-order valence-electron chi connectivity index (χ2n) is 6.60. The van der Waals surface area contributed by atoms with Gasteiger partial charge in [0.2, 0.25) is 5.91 Å². The first kappa shape index (κ1) is 15.3. The van der Waals surface area contributed by atoms with Gasteiger partial charge in [0.1, 0.15) is 5.75 Å². The lowest BCUT2D eigenvalue weighted by atomic mass is 9.91. The number of likely N-dealkylation sites (tertiary alicyclic amines) is 1. The summed E-state index contributed by atoms with van der Waals surface area (Å²) in [5.74, 6) is 1.78. The summed E-state index contributed by atoms with van der Waals surface area (Å²) >= 11 is 0. The summed E-state index contributed by atoms with van der Waals surface area (Å²) in [4.78, 5) is 14.3. The molecule has 1 N–H and O–H groups in total. The van der Waals surface area contributed by atoms with Crippen LogP contribution in [0.15, 0.2) is 24.3 Å². The molecule has 1 saturated heterocycles. The van der Waals surface area contributed by atoms with Gasteiger partial charge >= 0.3 is 0 Å². The Bertz CT molecular complexity index is 514. The van der Waals surface area contributed by atoms with E-state index < -0.39 is 0 Å². The van der Waals surface area contributed by atoms with Crippen LogP contribution >= 0.6 is 0 Å². The van der Waals surface area contributed by atoms with Crippen molar-refractivity contribution in [2.45, 2.75) is 38.1 Å². The SMILES string of the molecule is COc1ccccc1C[C@H]1CCCN(CC(=O)NC2CC2)C1. The summed E-state index contributed by atoms with van der Waals surface area (Å²) in [6, 6.07) is 8.72. The van der Waals surface area contributed by atoms with Crippen molar-refractivity contribution in [3.63, 3.8) is 0 Å². The normalized spacial score (nSPS) is 22.3. The monoisotopic (exact) mass is 302 g/mol. The first-order valence-corrected chi connectivity index (χ1v) is 8.38. The van der Waals surface area contributed by atoms with E-state index in [1.165, 1.54) is 18.4 Å². The molecule has 1 heterocycles. The summed E-state index contributed by atoms with van der Waals surface area (Å²) in [6.07, 6.45) is 5.75. The van der Waals surface area contributed by atoms with Crippen LogP contribution in [0.4, 0.5) is 0 Å². The van der Waals surface area contributed by atoms with E-state index in [2.05, 4.69) is 22.3 Å². The molecule has 1 saturated carbocycles. The number of benzene rings is 1. The number of carbonyl (C=O) groups is 1.